The van der Waals surface area contributed by atoms with E-state index in [0.717, 1.165) is 10.0 Å². The lowest BCUT2D eigenvalue weighted by atomic mass is 10.1. The van der Waals surface area contributed by atoms with Crippen molar-refractivity contribution in [1.82, 2.24) is 15.8 Å². The van der Waals surface area contributed by atoms with Crippen molar-refractivity contribution in [2.24, 2.45) is 0 Å². The van der Waals surface area contributed by atoms with Crippen molar-refractivity contribution >= 4 is 27.7 Å². The number of rotatable bonds is 7. The maximum Gasteiger partial charge on any atom is 0.286 e. The van der Waals surface area contributed by atoms with E-state index in [0.29, 0.717) is 23.6 Å². The quantitative estimate of drug-likeness (QED) is 0.485. The zero-order valence-corrected chi connectivity index (χ0v) is 15.2. The Morgan fingerprint density at radius 1 is 1.28 bits per heavy atom. The van der Waals surface area contributed by atoms with Crippen LogP contribution in [0.3, 0.4) is 0 Å². The molecule has 3 N–H and O–H groups in total. The molecular formula is C17H18BrN3O4. The van der Waals surface area contributed by atoms with E-state index in [1.54, 1.807) is 24.4 Å². The number of H-pyrrole nitrogens is 1. The molecule has 25 heavy (non-hydrogen) atoms. The molecule has 0 aliphatic heterocycles. The number of hydrogen-bond donors (Lipinski definition) is 3. The van der Waals surface area contributed by atoms with E-state index in [9.17, 15) is 9.59 Å². The predicted molar refractivity (Wildman–Crippen MR) is 96.5 cm³/mol. The molecule has 1 aromatic heterocycles. The Balaban J connectivity index is 1.85. The number of aromatic nitrogens is 1. The molecule has 2 aromatic rings. The van der Waals surface area contributed by atoms with Gasteiger partial charge < -0.3 is 14.5 Å². The Bertz CT molecular complexity index is 773. The first-order valence-electron chi connectivity index (χ1n) is 7.37. The Morgan fingerprint density at radius 3 is 2.72 bits per heavy atom. The summed E-state index contributed by atoms with van der Waals surface area (Å²) in [5, 5.41) is 0. The second kappa shape index (κ2) is 8.93. The lowest BCUT2D eigenvalue weighted by Gasteiger charge is -2.12. The molecule has 0 unspecified atom stereocenters. The summed E-state index contributed by atoms with van der Waals surface area (Å²) in [6, 6.07) is 7.00. The minimum absolute atomic E-state index is 0.272. The molecule has 0 radical (unpaired) electrons. The predicted octanol–water partition coefficient (Wildman–Crippen LogP) is 2.35. The first-order valence-corrected chi connectivity index (χ1v) is 8.16. The van der Waals surface area contributed by atoms with Crippen LogP contribution in [0.4, 0.5) is 0 Å². The highest BCUT2D eigenvalue weighted by Gasteiger charge is 2.11. The number of carbonyl (C=O) groups is 2. The SMILES string of the molecule is C=CCc1ccc(OCC(=O)NNC(=O)c2cc(Br)c[nH]2)c(OC)c1. The fraction of sp³-hybridized carbons (Fsp3) is 0.176. The van der Waals surface area contributed by atoms with Crippen molar-refractivity contribution in [3.05, 3.63) is 58.8 Å². The Hall–Kier alpha value is -2.74. The second-order valence-electron chi connectivity index (χ2n) is 5.00. The molecule has 1 heterocycles. The molecule has 0 spiro atoms. The summed E-state index contributed by atoms with van der Waals surface area (Å²) in [5.41, 5.74) is 5.90. The van der Waals surface area contributed by atoms with Crippen molar-refractivity contribution in [3.8, 4) is 11.5 Å². The summed E-state index contributed by atoms with van der Waals surface area (Å²) in [7, 11) is 1.52. The number of hydrazine groups is 1. The van der Waals surface area contributed by atoms with Crippen LogP contribution in [0.15, 0.2) is 47.6 Å². The highest BCUT2D eigenvalue weighted by molar-refractivity contribution is 9.10. The van der Waals surface area contributed by atoms with Crippen LogP contribution in [0, 0.1) is 0 Å². The Morgan fingerprint density at radius 2 is 2.08 bits per heavy atom. The topological polar surface area (TPSA) is 92.5 Å². The summed E-state index contributed by atoms with van der Waals surface area (Å²) >= 11 is 3.22. The van der Waals surface area contributed by atoms with Crippen LogP contribution in [0.25, 0.3) is 0 Å². The number of ether oxygens (including phenoxy) is 2. The van der Waals surface area contributed by atoms with E-state index >= 15 is 0 Å². The van der Waals surface area contributed by atoms with E-state index in [2.05, 4.69) is 38.3 Å². The van der Waals surface area contributed by atoms with Crippen molar-refractivity contribution < 1.29 is 19.1 Å². The van der Waals surface area contributed by atoms with Gasteiger partial charge in [-0.1, -0.05) is 12.1 Å². The summed E-state index contributed by atoms with van der Waals surface area (Å²) in [6.07, 6.45) is 4.11. The van der Waals surface area contributed by atoms with Gasteiger partial charge in [0.15, 0.2) is 18.1 Å². The fourth-order valence-corrected chi connectivity index (χ4v) is 2.34. The summed E-state index contributed by atoms with van der Waals surface area (Å²) in [6.45, 7) is 3.42. The average Bonchev–Trinajstić information content (AvgIpc) is 3.05. The maximum absolute atomic E-state index is 11.8. The van der Waals surface area contributed by atoms with Gasteiger partial charge in [-0.05, 0) is 46.1 Å². The number of carbonyl (C=O) groups excluding carboxylic acids is 2. The summed E-state index contributed by atoms with van der Waals surface area (Å²) in [4.78, 5) is 26.3. The normalized spacial score (nSPS) is 10.0. The minimum Gasteiger partial charge on any atom is -0.493 e. The fourth-order valence-electron chi connectivity index (χ4n) is 2.00. The molecule has 7 nitrogen and oxygen atoms in total. The molecule has 0 bridgehead atoms. The zero-order chi connectivity index (χ0) is 18.2. The molecular weight excluding hydrogens is 390 g/mol. The highest BCUT2D eigenvalue weighted by Crippen LogP contribution is 2.28. The largest absolute Gasteiger partial charge is 0.493 e. The van der Waals surface area contributed by atoms with Crippen molar-refractivity contribution in [2.75, 3.05) is 13.7 Å². The van der Waals surface area contributed by atoms with Crippen molar-refractivity contribution in [3.63, 3.8) is 0 Å². The van der Waals surface area contributed by atoms with Gasteiger partial charge in [0.1, 0.15) is 5.69 Å². The molecule has 0 aliphatic rings. The third kappa shape index (κ3) is 5.39. The molecule has 0 fully saturated rings. The Labute approximate surface area is 153 Å². The van der Waals surface area contributed by atoms with Gasteiger partial charge in [-0.3, -0.25) is 20.4 Å². The van der Waals surface area contributed by atoms with Crippen LogP contribution in [0.1, 0.15) is 16.1 Å². The number of aromatic amines is 1. The average molecular weight is 408 g/mol. The van der Waals surface area contributed by atoms with E-state index < -0.39 is 11.8 Å². The molecule has 0 aliphatic carbocycles. The molecule has 0 atom stereocenters. The van der Waals surface area contributed by atoms with Crippen LogP contribution in [-0.2, 0) is 11.2 Å². The molecule has 0 saturated heterocycles. The monoisotopic (exact) mass is 407 g/mol. The number of nitrogens with one attached hydrogen (secondary N) is 3. The summed E-state index contributed by atoms with van der Waals surface area (Å²) < 4.78 is 11.4. The van der Waals surface area contributed by atoms with Crippen LogP contribution >= 0.6 is 15.9 Å². The van der Waals surface area contributed by atoms with Crippen molar-refractivity contribution in [1.29, 1.82) is 0 Å². The van der Waals surface area contributed by atoms with Gasteiger partial charge in [-0.25, -0.2) is 0 Å². The zero-order valence-electron chi connectivity index (χ0n) is 13.6. The first kappa shape index (κ1) is 18.6. The van der Waals surface area contributed by atoms with E-state index in [1.807, 2.05) is 12.1 Å². The number of halogens is 1. The standard InChI is InChI=1S/C17H18BrN3O4/c1-3-4-11-5-6-14(15(7-11)24-2)25-10-16(22)20-21-17(23)13-8-12(18)9-19-13/h3,5-9,19H,1,4,10H2,2H3,(H,20,22)(H,21,23). The van der Waals surface area contributed by atoms with Crippen molar-refractivity contribution in [2.45, 2.75) is 6.42 Å². The van der Waals surface area contributed by atoms with E-state index in [4.69, 9.17) is 9.47 Å². The lowest BCUT2D eigenvalue weighted by Crippen LogP contribution is -2.43. The highest BCUT2D eigenvalue weighted by atomic mass is 79.9. The van der Waals surface area contributed by atoms with Gasteiger partial charge in [0.25, 0.3) is 11.8 Å². The Kier molecular flexibility index (Phi) is 6.64. The minimum atomic E-state index is -0.504. The number of hydrogen-bond acceptors (Lipinski definition) is 4. The first-order chi connectivity index (χ1) is 12.0. The van der Waals surface area contributed by atoms with E-state index in [-0.39, 0.29) is 6.61 Å². The van der Waals surface area contributed by atoms with Gasteiger partial charge in [0.05, 0.1) is 7.11 Å². The van der Waals surface area contributed by atoms with Crippen LogP contribution in [-0.4, -0.2) is 30.5 Å². The summed E-state index contributed by atoms with van der Waals surface area (Å²) in [5.74, 6) is -0.0147. The number of allylic oxidation sites excluding steroid dienone is 1. The third-order valence-corrected chi connectivity index (χ3v) is 3.63. The maximum atomic E-state index is 11.8. The molecule has 8 heteroatoms. The lowest BCUT2D eigenvalue weighted by molar-refractivity contribution is -0.123. The van der Waals surface area contributed by atoms with Gasteiger partial charge in [-0.2, -0.15) is 0 Å². The molecule has 0 saturated carbocycles. The van der Waals surface area contributed by atoms with Gasteiger partial charge in [0, 0.05) is 10.7 Å². The number of benzene rings is 1. The molecule has 2 amide bonds. The van der Waals surface area contributed by atoms with Crippen LogP contribution in [0.5, 0.6) is 11.5 Å². The third-order valence-electron chi connectivity index (χ3n) is 3.17. The van der Waals surface area contributed by atoms with Gasteiger partial charge in [-0.15, -0.1) is 6.58 Å². The molecule has 2 rings (SSSR count). The smallest absolute Gasteiger partial charge is 0.286 e. The van der Waals surface area contributed by atoms with Gasteiger partial charge >= 0.3 is 0 Å². The van der Waals surface area contributed by atoms with Gasteiger partial charge in [0.2, 0.25) is 0 Å². The van der Waals surface area contributed by atoms with Crippen LogP contribution < -0.4 is 20.3 Å². The van der Waals surface area contributed by atoms with Crippen LogP contribution in [0.2, 0.25) is 0 Å². The number of methoxy groups -OCH3 is 1. The van der Waals surface area contributed by atoms with E-state index in [1.165, 1.54) is 7.11 Å². The molecule has 132 valence electrons. The number of amides is 2. The molecule has 1 aromatic carbocycles. The second-order valence-corrected chi connectivity index (χ2v) is 5.92.